The number of amides is 2. The van der Waals surface area contributed by atoms with Crippen LogP contribution in [0.1, 0.15) is 44.4 Å². The molecule has 1 aliphatic rings. The molecule has 3 heterocycles. The maximum Gasteiger partial charge on any atom is 0.227 e. The Hall–Kier alpha value is -2.77. The molecule has 2 aromatic rings. The topological polar surface area (TPSA) is 101 Å². The van der Waals surface area contributed by atoms with Gasteiger partial charge in [-0.05, 0) is 25.0 Å². The van der Waals surface area contributed by atoms with Crippen LogP contribution in [0.25, 0.3) is 11.4 Å². The van der Waals surface area contributed by atoms with E-state index in [1.54, 1.807) is 18.5 Å². The van der Waals surface area contributed by atoms with E-state index in [1.807, 2.05) is 11.0 Å². The molecule has 1 saturated heterocycles. The lowest BCUT2D eigenvalue weighted by Gasteiger charge is -2.20. The number of hydrogen-bond donors (Lipinski definition) is 1. The lowest BCUT2D eigenvalue weighted by Crippen LogP contribution is -2.35. The second kappa shape index (κ2) is 9.80. The van der Waals surface area contributed by atoms with E-state index in [0.717, 1.165) is 31.5 Å². The molecule has 27 heavy (non-hydrogen) atoms. The van der Waals surface area contributed by atoms with E-state index in [0.29, 0.717) is 31.1 Å². The van der Waals surface area contributed by atoms with E-state index in [4.69, 9.17) is 4.52 Å². The molecule has 0 aliphatic carbocycles. The van der Waals surface area contributed by atoms with Crippen LogP contribution in [0.4, 0.5) is 0 Å². The van der Waals surface area contributed by atoms with Crippen molar-refractivity contribution in [2.75, 3.05) is 19.6 Å². The largest absolute Gasteiger partial charge is 0.356 e. The van der Waals surface area contributed by atoms with E-state index in [1.165, 1.54) is 12.8 Å². The number of carbonyl (C=O) groups excluding carboxylic acids is 2. The molecule has 8 heteroatoms. The van der Waals surface area contributed by atoms with Crippen LogP contribution in [-0.2, 0) is 16.0 Å². The van der Waals surface area contributed by atoms with Gasteiger partial charge in [-0.1, -0.05) is 18.0 Å². The fraction of sp³-hybridized carbons (Fsp3) is 0.526. The van der Waals surface area contributed by atoms with Crippen molar-refractivity contribution in [2.45, 2.75) is 44.9 Å². The van der Waals surface area contributed by atoms with Crippen LogP contribution >= 0.6 is 0 Å². The van der Waals surface area contributed by atoms with Crippen molar-refractivity contribution in [3.63, 3.8) is 0 Å². The summed E-state index contributed by atoms with van der Waals surface area (Å²) in [6, 6.07) is 3.64. The van der Waals surface area contributed by atoms with Crippen molar-refractivity contribution in [3.8, 4) is 11.4 Å². The summed E-state index contributed by atoms with van der Waals surface area (Å²) in [5.74, 6) is 0.862. The minimum Gasteiger partial charge on any atom is -0.356 e. The molecule has 2 aromatic heterocycles. The average molecular weight is 371 g/mol. The molecule has 1 fully saturated rings. The SMILES string of the molecule is O=C(CCc1nc(-c2cccnc2)no1)NCCC(=O)N1CCCCCC1. The van der Waals surface area contributed by atoms with Crippen LogP contribution in [0.5, 0.6) is 0 Å². The Kier molecular flexibility index (Phi) is 6.90. The molecule has 3 rings (SSSR count). The minimum atomic E-state index is -0.125. The Balaban J connectivity index is 1.36. The molecule has 1 aliphatic heterocycles. The molecule has 1 N–H and O–H groups in total. The minimum absolute atomic E-state index is 0.121. The molecule has 0 unspecified atom stereocenters. The quantitative estimate of drug-likeness (QED) is 0.798. The van der Waals surface area contributed by atoms with E-state index in [2.05, 4.69) is 20.4 Å². The lowest BCUT2D eigenvalue weighted by atomic mass is 10.2. The van der Waals surface area contributed by atoms with E-state index < -0.39 is 0 Å². The monoisotopic (exact) mass is 371 g/mol. The van der Waals surface area contributed by atoms with E-state index in [-0.39, 0.29) is 18.2 Å². The highest BCUT2D eigenvalue weighted by atomic mass is 16.5. The summed E-state index contributed by atoms with van der Waals surface area (Å²) >= 11 is 0. The molecule has 0 bridgehead atoms. The second-order valence-corrected chi connectivity index (χ2v) is 6.65. The summed E-state index contributed by atoms with van der Waals surface area (Å²) < 4.78 is 5.17. The van der Waals surface area contributed by atoms with Crippen molar-refractivity contribution in [2.24, 2.45) is 0 Å². The maximum absolute atomic E-state index is 12.2. The first-order chi connectivity index (χ1) is 13.2. The molecule has 0 saturated carbocycles. The number of aryl methyl sites for hydroxylation is 1. The molecule has 0 radical (unpaired) electrons. The smallest absolute Gasteiger partial charge is 0.227 e. The third kappa shape index (κ3) is 5.87. The summed E-state index contributed by atoms with van der Waals surface area (Å²) in [6.07, 6.45) is 8.81. The van der Waals surface area contributed by atoms with Gasteiger partial charge in [-0.25, -0.2) is 0 Å². The van der Waals surface area contributed by atoms with Gasteiger partial charge in [0.05, 0.1) is 0 Å². The van der Waals surface area contributed by atoms with Crippen LogP contribution in [0, 0.1) is 0 Å². The van der Waals surface area contributed by atoms with Crippen molar-refractivity contribution >= 4 is 11.8 Å². The Bertz CT molecular complexity index is 739. The normalized spacial score (nSPS) is 14.6. The average Bonchev–Trinajstić information content (AvgIpc) is 3.00. The van der Waals surface area contributed by atoms with Gasteiger partial charge in [-0.3, -0.25) is 14.6 Å². The molecule has 8 nitrogen and oxygen atoms in total. The van der Waals surface area contributed by atoms with Crippen LogP contribution in [-0.4, -0.2) is 51.5 Å². The highest BCUT2D eigenvalue weighted by molar-refractivity contribution is 5.79. The Labute approximate surface area is 158 Å². The van der Waals surface area contributed by atoms with Gasteiger partial charge in [-0.2, -0.15) is 4.98 Å². The fourth-order valence-electron chi connectivity index (χ4n) is 3.06. The molecule has 0 atom stereocenters. The molecule has 2 amide bonds. The van der Waals surface area contributed by atoms with E-state index in [9.17, 15) is 9.59 Å². The first kappa shape index (κ1) is 19.0. The van der Waals surface area contributed by atoms with Gasteiger partial charge in [0, 0.05) is 56.9 Å². The molecule has 0 spiro atoms. The number of nitrogens with one attached hydrogen (secondary N) is 1. The molecule has 144 valence electrons. The zero-order chi connectivity index (χ0) is 18.9. The first-order valence-electron chi connectivity index (χ1n) is 9.50. The highest BCUT2D eigenvalue weighted by Gasteiger charge is 2.15. The van der Waals surface area contributed by atoms with Gasteiger partial charge >= 0.3 is 0 Å². The van der Waals surface area contributed by atoms with Gasteiger partial charge in [0.15, 0.2) is 0 Å². The van der Waals surface area contributed by atoms with E-state index >= 15 is 0 Å². The summed E-state index contributed by atoms with van der Waals surface area (Å²) in [6.45, 7) is 2.03. The Morgan fingerprint density at radius 2 is 1.96 bits per heavy atom. The van der Waals surface area contributed by atoms with Gasteiger partial charge < -0.3 is 14.7 Å². The summed E-state index contributed by atoms with van der Waals surface area (Å²) in [5, 5.41) is 6.69. The zero-order valence-corrected chi connectivity index (χ0v) is 15.4. The third-order valence-electron chi connectivity index (χ3n) is 4.57. The first-order valence-corrected chi connectivity index (χ1v) is 9.50. The molecule has 0 aromatic carbocycles. The molecular formula is C19H25N5O3. The number of rotatable bonds is 7. The maximum atomic E-state index is 12.2. The van der Waals surface area contributed by atoms with Crippen LogP contribution in [0.3, 0.4) is 0 Å². The van der Waals surface area contributed by atoms with Crippen molar-refractivity contribution in [1.82, 2.24) is 25.3 Å². The lowest BCUT2D eigenvalue weighted by molar-refractivity contribution is -0.131. The number of carbonyl (C=O) groups is 2. The number of likely N-dealkylation sites (tertiary alicyclic amines) is 1. The summed E-state index contributed by atoms with van der Waals surface area (Å²) in [5.41, 5.74) is 0.768. The van der Waals surface area contributed by atoms with Crippen LogP contribution in [0.2, 0.25) is 0 Å². The number of nitrogens with zero attached hydrogens (tertiary/aromatic N) is 4. The van der Waals surface area contributed by atoms with Crippen LogP contribution in [0.15, 0.2) is 29.0 Å². The second-order valence-electron chi connectivity index (χ2n) is 6.65. The zero-order valence-electron chi connectivity index (χ0n) is 15.4. The van der Waals surface area contributed by atoms with Gasteiger partial charge in [0.25, 0.3) is 0 Å². The Morgan fingerprint density at radius 1 is 1.15 bits per heavy atom. The summed E-state index contributed by atoms with van der Waals surface area (Å²) in [4.78, 5) is 34.4. The standard InChI is InChI=1S/C19H25N5O3/c25-16(21-11-9-18(26)24-12-3-1-2-4-13-24)7-8-17-22-19(23-27-17)15-6-5-10-20-14-15/h5-6,10,14H,1-4,7-9,11-13H2,(H,21,25). The Morgan fingerprint density at radius 3 is 2.70 bits per heavy atom. The van der Waals surface area contributed by atoms with Crippen molar-refractivity contribution < 1.29 is 14.1 Å². The number of aromatic nitrogens is 3. The third-order valence-corrected chi connectivity index (χ3v) is 4.57. The molecular weight excluding hydrogens is 346 g/mol. The highest BCUT2D eigenvalue weighted by Crippen LogP contribution is 2.14. The fourth-order valence-corrected chi connectivity index (χ4v) is 3.06. The van der Waals surface area contributed by atoms with Gasteiger partial charge in [0.1, 0.15) is 0 Å². The van der Waals surface area contributed by atoms with Gasteiger partial charge in [0.2, 0.25) is 23.5 Å². The van der Waals surface area contributed by atoms with Gasteiger partial charge in [-0.15, -0.1) is 0 Å². The van der Waals surface area contributed by atoms with Crippen LogP contribution < -0.4 is 5.32 Å². The predicted molar refractivity (Wildman–Crippen MR) is 98.5 cm³/mol. The predicted octanol–water partition coefficient (Wildman–Crippen LogP) is 1.97. The summed E-state index contributed by atoms with van der Waals surface area (Å²) in [7, 11) is 0. The number of pyridine rings is 1. The van der Waals surface area contributed by atoms with Crippen molar-refractivity contribution in [1.29, 1.82) is 0 Å². The number of hydrogen-bond acceptors (Lipinski definition) is 6. The van der Waals surface area contributed by atoms with Crippen molar-refractivity contribution in [3.05, 3.63) is 30.4 Å².